The Morgan fingerprint density at radius 1 is 0.943 bits per heavy atom. The van der Waals surface area contributed by atoms with Crippen LogP contribution >= 0.6 is 0 Å². The lowest BCUT2D eigenvalue weighted by Crippen LogP contribution is -2.61. The number of hydrogen-bond acceptors (Lipinski definition) is 4. The molecule has 3 amide bonds. The van der Waals surface area contributed by atoms with Crippen molar-refractivity contribution in [2.24, 2.45) is 11.7 Å². The van der Waals surface area contributed by atoms with Crippen molar-refractivity contribution in [3.8, 4) is 0 Å². The average molecular weight is 473 g/mol. The van der Waals surface area contributed by atoms with Crippen LogP contribution < -0.4 is 16.0 Å². The van der Waals surface area contributed by atoms with Crippen molar-refractivity contribution in [1.82, 2.24) is 4.98 Å². The molecular weight excluding hydrogens is 440 g/mol. The first-order valence-corrected chi connectivity index (χ1v) is 11.6. The van der Waals surface area contributed by atoms with Gasteiger partial charge in [0.25, 0.3) is 0 Å². The van der Waals surface area contributed by atoms with Crippen molar-refractivity contribution < 1.29 is 14.4 Å². The van der Waals surface area contributed by atoms with Crippen LogP contribution in [0.5, 0.6) is 0 Å². The van der Waals surface area contributed by atoms with Gasteiger partial charge in [0.15, 0.2) is 5.54 Å². The highest BCUT2D eigenvalue weighted by molar-refractivity contribution is 6.05. The number of benzene rings is 2. The normalized spacial score (nSPS) is 12.6. The topological polar surface area (TPSA) is 105 Å². The fraction of sp³-hybridized carbons (Fsp3) is 0.286. The molecule has 0 aliphatic carbocycles. The van der Waals surface area contributed by atoms with E-state index < -0.39 is 11.4 Å². The van der Waals surface area contributed by atoms with E-state index in [9.17, 15) is 14.4 Å². The number of carbonyl (C=O) groups is 3. The first-order valence-electron chi connectivity index (χ1n) is 11.6. The molecule has 182 valence electrons. The lowest BCUT2D eigenvalue weighted by molar-refractivity contribution is -0.131. The molecule has 0 aliphatic rings. The Morgan fingerprint density at radius 3 is 2.23 bits per heavy atom. The second-order valence-corrected chi connectivity index (χ2v) is 8.98. The second-order valence-electron chi connectivity index (χ2n) is 8.98. The fourth-order valence-corrected chi connectivity index (χ4v) is 4.35. The third-order valence-electron chi connectivity index (χ3n) is 6.06. The lowest BCUT2D eigenvalue weighted by Gasteiger charge is -2.45. The number of amides is 3. The molecule has 1 unspecified atom stereocenters. The number of nitrogens with two attached hydrogens (primary N) is 1. The molecule has 0 saturated carbocycles. The number of nitrogens with zero attached hydrogens (tertiary/aromatic N) is 2. The van der Waals surface area contributed by atoms with Gasteiger partial charge in [0.2, 0.25) is 17.7 Å². The van der Waals surface area contributed by atoms with Gasteiger partial charge in [-0.1, -0.05) is 61.9 Å². The summed E-state index contributed by atoms with van der Waals surface area (Å²) in [6.07, 6.45) is 1.39. The zero-order chi connectivity index (χ0) is 25.6. The summed E-state index contributed by atoms with van der Waals surface area (Å²) in [6.45, 7) is 7.61. The minimum Gasteiger partial charge on any atom is -0.367 e. The third-order valence-corrected chi connectivity index (χ3v) is 6.06. The summed E-state index contributed by atoms with van der Waals surface area (Å²) in [5.74, 6) is -1.29. The summed E-state index contributed by atoms with van der Waals surface area (Å²) in [5.41, 5.74) is 7.77. The molecule has 0 bridgehead atoms. The molecule has 0 fully saturated rings. The van der Waals surface area contributed by atoms with Crippen LogP contribution in [0.2, 0.25) is 0 Å². The van der Waals surface area contributed by atoms with Gasteiger partial charge in [-0.3, -0.25) is 19.3 Å². The first-order chi connectivity index (χ1) is 16.7. The number of pyridine rings is 1. The van der Waals surface area contributed by atoms with Crippen molar-refractivity contribution >= 4 is 29.2 Å². The van der Waals surface area contributed by atoms with Gasteiger partial charge >= 0.3 is 0 Å². The van der Waals surface area contributed by atoms with Gasteiger partial charge in [0, 0.05) is 24.7 Å². The average Bonchev–Trinajstić information content (AvgIpc) is 2.82. The van der Waals surface area contributed by atoms with Crippen LogP contribution in [0.4, 0.5) is 11.5 Å². The Morgan fingerprint density at radius 2 is 1.66 bits per heavy atom. The summed E-state index contributed by atoms with van der Waals surface area (Å²) in [4.78, 5) is 45.2. The molecule has 0 aliphatic heterocycles. The van der Waals surface area contributed by atoms with E-state index in [0.29, 0.717) is 17.1 Å². The van der Waals surface area contributed by atoms with Crippen LogP contribution in [0.1, 0.15) is 43.4 Å². The number of carbonyl (C=O) groups excluding carboxylic acids is 3. The summed E-state index contributed by atoms with van der Waals surface area (Å²) in [5, 5.41) is 2.69. The van der Waals surface area contributed by atoms with Crippen molar-refractivity contribution in [1.29, 1.82) is 0 Å². The van der Waals surface area contributed by atoms with Gasteiger partial charge in [0.05, 0.1) is 0 Å². The number of primary amides is 1. The smallest absolute Gasteiger partial charge is 0.248 e. The van der Waals surface area contributed by atoms with E-state index in [4.69, 9.17) is 5.73 Å². The number of aromatic nitrogens is 1. The molecule has 1 heterocycles. The summed E-state index contributed by atoms with van der Waals surface area (Å²) < 4.78 is 0. The van der Waals surface area contributed by atoms with Gasteiger partial charge in [-0.25, -0.2) is 4.98 Å². The van der Waals surface area contributed by atoms with Gasteiger partial charge in [-0.2, -0.15) is 0 Å². The number of aryl methyl sites for hydroxylation is 2. The predicted octanol–water partition coefficient (Wildman–Crippen LogP) is 4.49. The highest BCUT2D eigenvalue weighted by Gasteiger charge is 2.50. The van der Waals surface area contributed by atoms with Crippen LogP contribution in [0.25, 0.3) is 0 Å². The van der Waals surface area contributed by atoms with Gasteiger partial charge in [-0.05, 0) is 55.2 Å². The standard InChI is InChI=1S/C28H32N4O3/c1-19(2)28(27(29)35,22-13-11-20(3)12-14-22)32(23-9-7-8-21(4)18-23)26(34)16-15-25(33)31-24-10-5-6-17-30-24/h5-14,17-19H,15-16H2,1-4H3,(H2,29,35)(H,30,31,33). The Bertz CT molecular complexity index is 1190. The van der Waals surface area contributed by atoms with Crippen LogP contribution in [0, 0.1) is 19.8 Å². The van der Waals surface area contributed by atoms with E-state index in [-0.39, 0.29) is 30.6 Å². The van der Waals surface area contributed by atoms with Gasteiger partial charge < -0.3 is 11.1 Å². The first kappa shape index (κ1) is 25.6. The summed E-state index contributed by atoms with van der Waals surface area (Å²) >= 11 is 0. The molecule has 3 N–H and O–H groups in total. The number of nitrogens with one attached hydrogen (secondary N) is 1. The molecule has 1 aromatic heterocycles. The summed E-state index contributed by atoms with van der Waals surface area (Å²) in [7, 11) is 0. The number of hydrogen-bond donors (Lipinski definition) is 2. The SMILES string of the molecule is Cc1ccc(C(C(N)=O)(C(C)C)N(C(=O)CCC(=O)Nc2ccccn2)c2cccc(C)c2)cc1. The lowest BCUT2D eigenvalue weighted by atomic mass is 9.76. The van der Waals surface area contributed by atoms with Crippen LogP contribution in [0.3, 0.4) is 0 Å². The van der Waals surface area contributed by atoms with E-state index >= 15 is 0 Å². The molecule has 1 atom stereocenters. The zero-order valence-electron chi connectivity index (χ0n) is 20.6. The van der Waals surface area contributed by atoms with Crippen molar-refractivity contribution in [3.63, 3.8) is 0 Å². The molecule has 0 spiro atoms. The maximum atomic E-state index is 13.8. The Balaban J connectivity index is 2.03. The summed E-state index contributed by atoms with van der Waals surface area (Å²) in [6, 6.07) is 20.0. The van der Waals surface area contributed by atoms with E-state index in [0.717, 1.165) is 11.1 Å². The minimum atomic E-state index is -1.45. The van der Waals surface area contributed by atoms with Gasteiger partial charge in [0.1, 0.15) is 5.82 Å². The molecule has 3 rings (SSSR count). The van der Waals surface area contributed by atoms with Crippen LogP contribution in [-0.4, -0.2) is 22.7 Å². The van der Waals surface area contributed by atoms with E-state index in [1.54, 1.807) is 30.5 Å². The van der Waals surface area contributed by atoms with Gasteiger partial charge in [-0.15, -0.1) is 0 Å². The van der Waals surface area contributed by atoms with Crippen molar-refractivity contribution in [3.05, 3.63) is 89.6 Å². The highest BCUT2D eigenvalue weighted by atomic mass is 16.2. The van der Waals surface area contributed by atoms with Crippen molar-refractivity contribution in [2.75, 3.05) is 10.2 Å². The highest BCUT2D eigenvalue weighted by Crippen LogP contribution is 2.40. The maximum Gasteiger partial charge on any atom is 0.248 e. The molecule has 2 aromatic carbocycles. The molecule has 35 heavy (non-hydrogen) atoms. The van der Waals surface area contributed by atoms with E-state index in [1.807, 2.05) is 70.2 Å². The molecule has 7 nitrogen and oxygen atoms in total. The fourth-order valence-electron chi connectivity index (χ4n) is 4.35. The van der Waals surface area contributed by atoms with E-state index in [1.165, 1.54) is 4.90 Å². The second kappa shape index (κ2) is 11.0. The minimum absolute atomic E-state index is 0.0709. The molecule has 0 radical (unpaired) electrons. The van der Waals surface area contributed by atoms with Crippen molar-refractivity contribution in [2.45, 2.75) is 46.1 Å². The van der Waals surface area contributed by atoms with Crippen LogP contribution in [0.15, 0.2) is 72.9 Å². The molecule has 0 saturated heterocycles. The Kier molecular flexibility index (Phi) is 8.02. The Labute approximate surface area is 206 Å². The van der Waals surface area contributed by atoms with Crippen LogP contribution in [-0.2, 0) is 19.9 Å². The maximum absolute atomic E-state index is 13.8. The monoisotopic (exact) mass is 472 g/mol. The Hall–Kier alpha value is -4.00. The molecular formula is C28H32N4O3. The quantitative estimate of drug-likeness (QED) is 0.479. The molecule has 7 heteroatoms. The predicted molar refractivity (Wildman–Crippen MR) is 138 cm³/mol. The number of rotatable bonds is 9. The largest absolute Gasteiger partial charge is 0.367 e. The molecule has 3 aromatic rings. The number of anilines is 2. The third kappa shape index (κ3) is 5.57. The zero-order valence-corrected chi connectivity index (χ0v) is 20.6. The van der Waals surface area contributed by atoms with E-state index in [2.05, 4.69) is 10.3 Å².